The number of aromatic nitrogens is 3. The van der Waals surface area contributed by atoms with Crippen molar-refractivity contribution in [2.75, 3.05) is 19.6 Å². The van der Waals surface area contributed by atoms with Gasteiger partial charge in [-0.3, -0.25) is 0 Å². The molecule has 0 aliphatic carbocycles. The molecule has 1 aromatic heterocycles. The number of benzene rings is 3. The van der Waals surface area contributed by atoms with Gasteiger partial charge in [0, 0.05) is 16.7 Å². The van der Waals surface area contributed by atoms with Gasteiger partial charge in [-0.15, -0.1) is 0 Å². The van der Waals surface area contributed by atoms with Crippen LogP contribution >= 0.6 is 35.4 Å². The van der Waals surface area contributed by atoms with E-state index in [2.05, 4.69) is 15.6 Å². The molecule has 0 spiro atoms. The number of halogens is 3. The summed E-state index contributed by atoms with van der Waals surface area (Å²) in [6.45, 7) is 0.215. The number of H-pyrrole nitrogens is 1. The molecule has 0 aliphatic rings. The van der Waals surface area contributed by atoms with E-state index in [-0.39, 0.29) is 17.2 Å². The Morgan fingerprint density at radius 1 is 1.00 bits per heavy atom. The van der Waals surface area contributed by atoms with Crippen LogP contribution in [0.15, 0.2) is 54.6 Å². The molecule has 0 saturated carbocycles. The number of aromatic amines is 1. The maximum Gasteiger partial charge on any atom is 0.214 e. The van der Waals surface area contributed by atoms with Gasteiger partial charge in [0.2, 0.25) is 4.77 Å². The average molecular weight is 535 g/mol. The highest BCUT2D eigenvalue weighted by Gasteiger charge is 2.16. The maximum absolute atomic E-state index is 14.1. The normalized spacial score (nSPS) is 10.8. The van der Waals surface area contributed by atoms with Crippen LogP contribution in [0.2, 0.25) is 10.0 Å². The Bertz CT molecular complexity index is 1390. The highest BCUT2D eigenvalue weighted by atomic mass is 35.5. The average Bonchev–Trinajstić information content (AvgIpc) is 3.23. The van der Waals surface area contributed by atoms with Crippen molar-refractivity contribution in [3.05, 3.63) is 86.4 Å². The minimum Gasteiger partial charge on any atom is -0.496 e. The summed E-state index contributed by atoms with van der Waals surface area (Å²) in [7, 11) is 3.10. The molecule has 0 bridgehead atoms. The molecule has 182 valence electrons. The summed E-state index contributed by atoms with van der Waals surface area (Å²) in [6.07, 6.45) is 0. The molecule has 4 rings (SSSR count). The number of nitrogens with one attached hydrogen (secondary N) is 2. The third kappa shape index (κ3) is 5.37. The predicted octanol–water partition coefficient (Wildman–Crippen LogP) is 6.39. The van der Waals surface area contributed by atoms with Crippen LogP contribution in [0.4, 0.5) is 4.39 Å². The van der Waals surface area contributed by atoms with Gasteiger partial charge in [-0.25, -0.2) is 14.2 Å². The van der Waals surface area contributed by atoms with E-state index in [4.69, 9.17) is 49.6 Å². The minimum absolute atomic E-state index is 0.0811. The number of rotatable bonds is 9. The molecule has 0 radical (unpaired) electrons. The van der Waals surface area contributed by atoms with Gasteiger partial charge in [-0.1, -0.05) is 41.4 Å². The van der Waals surface area contributed by atoms with Crippen LogP contribution in [0.5, 0.6) is 17.2 Å². The predicted molar refractivity (Wildman–Crippen MR) is 136 cm³/mol. The topological polar surface area (TPSA) is 73.3 Å². The van der Waals surface area contributed by atoms with Gasteiger partial charge in [-0.2, -0.15) is 5.10 Å². The van der Waals surface area contributed by atoms with Crippen LogP contribution in [0.1, 0.15) is 11.1 Å². The van der Waals surface area contributed by atoms with Crippen LogP contribution in [0.3, 0.4) is 0 Å². The lowest BCUT2D eigenvalue weighted by atomic mass is 10.2. The summed E-state index contributed by atoms with van der Waals surface area (Å²) in [6, 6.07) is 15.3. The van der Waals surface area contributed by atoms with Gasteiger partial charge in [0.05, 0.1) is 31.4 Å². The van der Waals surface area contributed by atoms with Crippen molar-refractivity contribution < 1.29 is 18.6 Å². The Kier molecular flexibility index (Phi) is 7.80. The molecule has 1 heterocycles. The van der Waals surface area contributed by atoms with E-state index in [0.717, 1.165) is 5.56 Å². The van der Waals surface area contributed by atoms with E-state index in [1.165, 1.54) is 19.2 Å². The number of ether oxygens (including phenoxy) is 3. The third-order valence-electron chi connectivity index (χ3n) is 5.21. The molecule has 0 unspecified atom stereocenters. The molecule has 4 aromatic rings. The van der Waals surface area contributed by atoms with Crippen molar-refractivity contribution in [2.45, 2.75) is 13.2 Å². The molecule has 0 saturated heterocycles. The third-order valence-corrected chi connectivity index (χ3v) is 6.19. The summed E-state index contributed by atoms with van der Waals surface area (Å²) in [5, 5.41) is 7.81. The molecule has 2 N–H and O–H groups in total. The van der Waals surface area contributed by atoms with Gasteiger partial charge >= 0.3 is 0 Å². The minimum atomic E-state index is -0.453. The van der Waals surface area contributed by atoms with Crippen LogP contribution < -0.4 is 19.6 Å². The lowest BCUT2D eigenvalue weighted by Crippen LogP contribution is -2.16. The summed E-state index contributed by atoms with van der Waals surface area (Å²) >= 11 is 18.0. The lowest BCUT2D eigenvalue weighted by molar-refractivity contribution is 0.279. The van der Waals surface area contributed by atoms with E-state index in [0.29, 0.717) is 45.0 Å². The molecule has 0 atom stereocenters. The van der Waals surface area contributed by atoms with Crippen molar-refractivity contribution in [1.82, 2.24) is 14.9 Å². The number of methoxy groups -OCH3 is 2. The Morgan fingerprint density at radius 2 is 1.77 bits per heavy atom. The second-order valence-corrected chi connectivity index (χ2v) is 8.51. The zero-order valence-electron chi connectivity index (χ0n) is 18.8. The van der Waals surface area contributed by atoms with Crippen molar-refractivity contribution in [2.24, 2.45) is 0 Å². The van der Waals surface area contributed by atoms with Gasteiger partial charge in [-0.05, 0) is 48.1 Å². The smallest absolute Gasteiger partial charge is 0.214 e. The highest BCUT2D eigenvalue weighted by Crippen LogP contribution is 2.35. The second-order valence-electron chi connectivity index (χ2n) is 7.31. The monoisotopic (exact) mass is 534 g/mol. The van der Waals surface area contributed by atoms with Crippen LogP contribution in [-0.4, -0.2) is 29.1 Å². The van der Waals surface area contributed by atoms with Gasteiger partial charge in [0.1, 0.15) is 18.2 Å². The zero-order chi connectivity index (χ0) is 24.9. The first kappa shape index (κ1) is 24.8. The number of para-hydroxylation sites is 1. The maximum atomic E-state index is 14.1. The van der Waals surface area contributed by atoms with E-state index >= 15 is 0 Å². The van der Waals surface area contributed by atoms with Crippen molar-refractivity contribution in [1.29, 1.82) is 0 Å². The van der Waals surface area contributed by atoms with Crippen LogP contribution in [0.25, 0.3) is 11.4 Å². The first-order valence-corrected chi connectivity index (χ1v) is 11.6. The first-order valence-electron chi connectivity index (χ1n) is 10.4. The van der Waals surface area contributed by atoms with Crippen LogP contribution in [-0.2, 0) is 13.2 Å². The second kappa shape index (κ2) is 11.0. The van der Waals surface area contributed by atoms with E-state index < -0.39 is 5.82 Å². The number of nitrogens with zero attached hydrogens (tertiary/aromatic N) is 2. The fraction of sp³-hybridized carbons (Fsp3) is 0.167. The molecule has 35 heavy (non-hydrogen) atoms. The van der Waals surface area contributed by atoms with E-state index in [9.17, 15) is 4.39 Å². The zero-order valence-corrected chi connectivity index (χ0v) is 21.1. The van der Waals surface area contributed by atoms with Crippen molar-refractivity contribution in [3.63, 3.8) is 0 Å². The van der Waals surface area contributed by atoms with Gasteiger partial charge < -0.3 is 19.6 Å². The van der Waals surface area contributed by atoms with Crippen molar-refractivity contribution in [3.8, 4) is 28.6 Å². The fourth-order valence-corrected chi connectivity index (χ4v) is 4.06. The quantitative estimate of drug-likeness (QED) is 0.242. The van der Waals surface area contributed by atoms with Gasteiger partial charge in [0.25, 0.3) is 0 Å². The Hall–Kier alpha value is -3.27. The molecule has 0 fully saturated rings. The SMILES string of the molecule is COc1cc(CNn2c(-c3ccccc3OC)n[nH]c2=S)c(Cl)cc1OCc1c(F)cccc1Cl. The highest BCUT2D eigenvalue weighted by molar-refractivity contribution is 7.71. The first-order chi connectivity index (χ1) is 16.9. The standard InChI is InChI=1S/C24H21Cl2FN4O3S/c1-32-20-9-4-3-6-15(20)23-29-30-24(35)31(23)28-12-14-10-21(33-2)22(11-18(14)26)34-13-16-17(25)7-5-8-19(16)27/h3-11,28H,12-13H2,1-2H3,(H,30,35). The largest absolute Gasteiger partial charge is 0.496 e. The Balaban J connectivity index is 1.56. The van der Waals surface area contributed by atoms with Gasteiger partial charge in [0.15, 0.2) is 17.3 Å². The molecule has 3 aromatic carbocycles. The lowest BCUT2D eigenvalue weighted by Gasteiger charge is -2.16. The molecule has 0 aliphatic heterocycles. The molecular weight excluding hydrogens is 514 g/mol. The van der Waals surface area contributed by atoms with E-state index in [1.807, 2.05) is 24.3 Å². The summed E-state index contributed by atoms with van der Waals surface area (Å²) in [4.78, 5) is 0. The number of hydrogen-bond acceptors (Lipinski definition) is 6. The summed E-state index contributed by atoms with van der Waals surface area (Å²) in [5.41, 5.74) is 4.95. The molecular formula is C24H21Cl2FN4O3S. The Morgan fingerprint density at radius 3 is 2.51 bits per heavy atom. The number of hydrogen-bond donors (Lipinski definition) is 2. The van der Waals surface area contributed by atoms with Crippen molar-refractivity contribution >= 4 is 35.4 Å². The van der Waals surface area contributed by atoms with E-state index in [1.54, 1.807) is 30.0 Å². The summed E-state index contributed by atoms with van der Waals surface area (Å²) in [5.74, 6) is 1.54. The van der Waals surface area contributed by atoms with Crippen LogP contribution in [0, 0.1) is 10.6 Å². The summed E-state index contributed by atoms with van der Waals surface area (Å²) < 4.78 is 32.8. The fourth-order valence-electron chi connectivity index (χ4n) is 3.42. The molecule has 7 nitrogen and oxygen atoms in total. The molecule has 0 amide bonds. The Labute approximate surface area is 216 Å². The molecule has 11 heteroatoms.